The Bertz CT molecular complexity index is 1140. The zero-order chi connectivity index (χ0) is 22.7. The molecule has 168 valence electrons. The van der Waals surface area contributed by atoms with Crippen LogP contribution in [0.2, 0.25) is 0 Å². The number of nitrogens with zero attached hydrogens (tertiary/aromatic N) is 3. The van der Waals surface area contributed by atoms with Crippen LogP contribution in [0.1, 0.15) is 13.8 Å². The molecule has 1 aliphatic heterocycles. The summed E-state index contributed by atoms with van der Waals surface area (Å²) < 4.78 is 17.9. The number of esters is 1. The third kappa shape index (κ3) is 5.28. The van der Waals surface area contributed by atoms with Crippen LogP contribution in [-0.4, -0.2) is 59.8 Å². The first kappa shape index (κ1) is 22.3. The Morgan fingerprint density at radius 3 is 2.81 bits per heavy atom. The third-order valence-electron chi connectivity index (χ3n) is 5.02. The maximum atomic E-state index is 11.8. The molecule has 2 heterocycles. The van der Waals surface area contributed by atoms with Crippen LogP contribution in [0.15, 0.2) is 47.2 Å². The number of halogens is 1. The summed E-state index contributed by atoms with van der Waals surface area (Å²) in [5, 5.41) is 4.15. The largest absolute Gasteiger partial charge is 0.493 e. The molecule has 0 amide bonds. The van der Waals surface area contributed by atoms with E-state index in [1.54, 1.807) is 7.11 Å². The number of rotatable bonds is 7. The van der Waals surface area contributed by atoms with Gasteiger partial charge in [-0.15, -0.1) is 0 Å². The highest BCUT2D eigenvalue weighted by atomic mass is 79.9. The SMILES string of the molecule is COc1cc2ncnc(Nc3cccc(Br)c3)c2cc1OCCN1CC(=O)OC(C)(C)C1. The van der Waals surface area contributed by atoms with Crippen LogP contribution in [0.4, 0.5) is 11.5 Å². The molecular weight excluding hydrogens is 476 g/mol. The molecule has 1 aliphatic rings. The normalized spacial score (nSPS) is 15.9. The predicted octanol–water partition coefficient (Wildman–Crippen LogP) is 4.16. The summed E-state index contributed by atoms with van der Waals surface area (Å²) in [6.45, 7) is 5.72. The lowest BCUT2D eigenvalue weighted by molar-refractivity contribution is -0.169. The van der Waals surface area contributed by atoms with Crippen LogP contribution in [0.5, 0.6) is 11.5 Å². The van der Waals surface area contributed by atoms with E-state index in [1.165, 1.54) is 6.33 Å². The van der Waals surface area contributed by atoms with Crippen molar-refractivity contribution in [2.45, 2.75) is 19.4 Å². The van der Waals surface area contributed by atoms with Gasteiger partial charge in [-0.1, -0.05) is 22.0 Å². The average molecular weight is 501 g/mol. The minimum absolute atomic E-state index is 0.218. The first-order valence-corrected chi connectivity index (χ1v) is 11.0. The number of hydrogen-bond acceptors (Lipinski definition) is 8. The van der Waals surface area contributed by atoms with E-state index in [2.05, 4.69) is 31.2 Å². The first-order chi connectivity index (χ1) is 15.3. The van der Waals surface area contributed by atoms with E-state index in [-0.39, 0.29) is 12.5 Å². The zero-order valence-electron chi connectivity index (χ0n) is 18.2. The molecule has 3 aromatic rings. The average Bonchev–Trinajstić information content (AvgIpc) is 2.72. The lowest BCUT2D eigenvalue weighted by Crippen LogP contribution is -2.51. The number of anilines is 2. The van der Waals surface area contributed by atoms with Gasteiger partial charge in [0.15, 0.2) is 11.5 Å². The number of aromatic nitrogens is 2. The van der Waals surface area contributed by atoms with Crippen molar-refractivity contribution in [1.29, 1.82) is 0 Å². The summed E-state index contributed by atoms with van der Waals surface area (Å²) in [6.07, 6.45) is 1.51. The van der Waals surface area contributed by atoms with Crippen molar-refractivity contribution in [3.05, 3.63) is 47.2 Å². The summed E-state index contributed by atoms with van der Waals surface area (Å²) in [6, 6.07) is 11.6. The number of morpholine rings is 1. The van der Waals surface area contributed by atoms with E-state index < -0.39 is 5.60 Å². The lowest BCUT2D eigenvalue weighted by Gasteiger charge is -2.37. The monoisotopic (exact) mass is 500 g/mol. The molecular formula is C23H25BrN4O4. The number of benzene rings is 2. The fourth-order valence-electron chi connectivity index (χ4n) is 3.73. The van der Waals surface area contributed by atoms with Crippen LogP contribution >= 0.6 is 15.9 Å². The molecule has 0 saturated carbocycles. The van der Waals surface area contributed by atoms with Crippen molar-refractivity contribution < 1.29 is 19.0 Å². The number of hydrogen-bond donors (Lipinski definition) is 1. The summed E-state index contributed by atoms with van der Waals surface area (Å²) in [5.41, 5.74) is 1.14. The van der Waals surface area contributed by atoms with Gasteiger partial charge in [0.25, 0.3) is 0 Å². The number of fused-ring (bicyclic) bond motifs is 1. The molecule has 9 heteroatoms. The van der Waals surface area contributed by atoms with E-state index in [9.17, 15) is 4.79 Å². The van der Waals surface area contributed by atoms with Crippen molar-refractivity contribution in [3.63, 3.8) is 0 Å². The highest BCUT2D eigenvalue weighted by molar-refractivity contribution is 9.10. The molecule has 4 rings (SSSR count). The number of methoxy groups -OCH3 is 1. The predicted molar refractivity (Wildman–Crippen MR) is 126 cm³/mol. The highest BCUT2D eigenvalue weighted by Crippen LogP contribution is 2.35. The maximum Gasteiger partial charge on any atom is 0.320 e. The fourth-order valence-corrected chi connectivity index (χ4v) is 4.13. The summed E-state index contributed by atoms with van der Waals surface area (Å²) >= 11 is 3.49. The molecule has 0 atom stereocenters. The van der Waals surface area contributed by atoms with Crippen LogP contribution in [-0.2, 0) is 9.53 Å². The van der Waals surface area contributed by atoms with Crippen molar-refractivity contribution in [3.8, 4) is 11.5 Å². The van der Waals surface area contributed by atoms with Gasteiger partial charge in [-0.05, 0) is 38.1 Å². The quantitative estimate of drug-likeness (QED) is 0.484. The number of carbonyl (C=O) groups excluding carboxylic acids is 1. The van der Waals surface area contributed by atoms with Crippen LogP contribution < -0.4 is 14.8 Å². The highest BCUT2D eigenvalue weighted by Gasteiger charge is 2.32. The second-order valence-electron chi connectivity index (χ2n) is 8.17. The molecule has 0 aliphatic carbocycles. The molecule has 1 fully saturated rings. The van der Waals surface area contributed by atoms with Gasteiger partial charge in [0.05, 0.1) is 19.2 Å². The molecule has 1 saturated heterocycles. The Kier molecular flexibility index (Phi) is 6.48. The van der Waals surface area contributed by atoms with E-state index in [1.807, 2.05) is 55.1 Å². The molecule has 1 N–H and O–H groups in total. The number of carbonyl (C=O) groups is 1. The Morgan fingerprint density at radius 1 is 1.22 bits per heavy atom. The lowest BCUT2D eigenvalue weighted by atomic mass is 10.1. The van der Waals surface area contributed by atoms with E-state index >= 15 is 0 Å². The van der Waals surface area contributed by atoms with Crippen molar-refractivity contribution >= 4 is 44.3 Å². The summed E-state index contributed by atoms with van der Waals surface area (Å²) in [4.78, 5) is 22.6. The molecule has 1 aromatic heterocycles. The van der Waals surface area contributed by atoms with Gasteiger partial charge in [-0.25, -0.2) is 9.97 Å². The van der Waals surface area contributed by atoms with Crippen LogP contribution in [0, 0.1) is 0 Å². The molecule has 0 radical (unpaired) electrons. The standard InChI is InChI=1S/C23H25BrN4O4/c1-23(2)13-28(12-21(29)32-23)7-8-31-20-10-17-18(11-19(20)30-3)25-14-26-22(17)27-16-6-4-5-15(24)9-16/h4-6,9-11,14H,7-8,12-13H2,1-3H3,(H,25,26,27). The maximum absolute atomic E-state index is 11.8. The molecule has 32 heavy (non-hydrogen) atoms. The van der Waals surface area contributed by atoms with E-state index in [4.69, 9.17) is 14.2 Å². The Hall–Kier alpha value is -2.91. The Labute approximate surface area is 195 Å². The van der Waals surface area contributed by atoms with E-state index in [0.717, 1.165) is 21.1 Å². The smallest absolute Gasteiger partial charge is 0.320 e. The fraction of sp³-hybridized carbons (Fsp3) is 0.348. The van der Waals surface area contributed by atoms with Crippen molar-refractivity contribution in [1.82, 2.24) is 14.9 Å². The third-order valence-corrected chi connectivity index (χ3v) is 5.51. The molecule has 0 unspecified atom stereocenters. The van der Waals surface area contributed by atoms with Gasteiger partial charge in [-0.2, -0.15) is 0 Å². The number of cyclic esters (lactones) is 1. The van der Waals surface area contributed by atoms with Gasteiger partial charge >= 0.3 is 5.97 Å². The number of ether oxygens (including phenoxy) is 3. The first-order valence-electron chi connectivity index (χ1n) is 10.3. The van der Waals surface area contributed by atoms with Crippen molar-refractivity contribution in [2.24, 2.45) is 0 Å². The van der Waals surface area contributed by atoms with Crippen LogP contribution in [0.3, 0.4) is 0 Å². The Balaban J connectivity index is 1.54. The second-order valence-corrected chi connectivity index (χ2v) is 9.09. The molecule has 0 bridgehead atoms. The summed E-state index contributed by atoms with van der Waals surface area (Å²) in [5.74, 6) is 1.63. The van der Waals surface area contributed by atoms with Gasteiger partial charge in [0, 0.05) is 34.7 Å². The van der Waals surface area contributed by atoms with Gasteiger partial charge in [0.1, 0.15) is 24.4 Å². The van der Waals surface area contributed by atoms with Gasteiger partial charge in [0.2, 0.25) is 0 Å². The Morgan fingerprint density at radius 2 is 2.06 bits per heavy atom. The second kappa shape index (κ2) is 9.30. The van der Waals surface area contributed by atoms with E-state index in [0.29, 0.717) is 37.0 Å². The molecule has 0 spiro atoms. The summed E-state index contributed by atoms with van der Waals surface area (Å²) in [7, 11) is 1.60. The van der Waals surface area contributed by atoms with Crippen molar-refractivity contribution in [2.75, 3.05) is 38.7 Å². The zero-order valence-corrected chi connectivity index (χ0v) is 19.8. The minimum atomic E-state index is -0.500. The topological polar surface area (TPSA) is 85.8 Å². The molecule has 8 nitrogen and oxygen atoms in total. The molecule has 2 aromatic carbocycles. The number of nitrogens with one attached hydrogen (secondary N) is 1. The van der Waals surface area contributed by atoms with Gasteiger partial charge in [-0.3, -0.25) is 9.69 Å². The minimum Gasteiger partial charge on any atom is -0.493 e. The van der Waals surface area contributed by atoms with Crippen LogP contribution in [0.25, 0.3) is 10.9 Å². The van der Waals surface area contributed by atoms with Gasteiger partial charge < -0.3 is 19.5 Å².